The Kier molecular flexibility index (Phi) is 5.74. The number of nitrogens with zero attached hydrogens (tertiary/aromatic N) is 1. The molecule has 0 unspecified atom stereocenters. The molecule has 3 aromatic carbocycles. The number of anilines is 1. The zero-order chi connectivity index (χ0) is 18.4. The van der Waals surface area contributed by atoms with Crippen molar-refractivity contribution in [2.75, 3.05) is 24.7 Å². The Morgan fingerprint density at radius 3 is 2.23 bits per heavy atom. The second-order valence-corrected chi connectivity index (χ2v) is 5.80. The van der Waals surface area contributed by atoms with Gasteiger partial charge in [-0.2, -0.15) is 0 Å². The van der Waals surface area contributed by atoms with Crippen LogP contribution in [0.15, 0.2) is 66.7 Å². The largest absolute Gasteiger partial charge is 0.490 e. The van der Waals surface area contributed by atoms with Crippen molar-refractivity contribution in [1.29, 1.82) is 0 Å². The second kappa shape index (κ2) is 8.39. The summed E-state index contributed by atoms with van der Waals surface area (Å²) in [4.78, 5) is 14.6. The van der Waals surface area contributed by atoms with Gasteiger partial charge in [-0.15, -0.1) is 0 Å². The van der Waals surface area contributed by atoms with Crippen LogP contribution in [0.3, 0.4) is 0 Å². The van der Waals surface area contributed by atoms with E-state index in [2.05, 4.69) is 0 Å². The van der Waals surface area contributed by atoms with Crippen molar-refractivity contribution in [3.63, 3.8) is 0 Å². The summed E-state index contributed by atoms with van der Waals surface area (Å²) in [5.74, 6) is 1.14. The van der Waals surface area contributed by atoms with E-state index in [1.54, 1.807) is 4.90 Å². The van der Waals surface area contributed by atoms with Crippen LogP contribution in [0.2, 0.25) is 0 Å². The summed E-state index contributed by atoms with van der Waals surface area (Å²) in [7, 11) is 0. The normalized spacial score (nSPS) is 10.5. The maximum atomic E-state index is 12.8. The summed E-state index contributed by atoms with van der Waals surface area (Å²) in [6.07, 6.45) is 0. The van der Waals surface area contributed by atoms with Gasteiger partial charge in [-0.25, -0.2) is 0 Å². The Labute approximate surface area is 154 Å². The number of benzene rings is 3. The highest BCUT2D eigenvalue weighted by atomic mass is 16.5. The molecule has 0 aliphatic rings. The summed E-state index contributed by atoms with van der Waals surface area (Å²) in [6, 6.07) is 21.5. The first-order valence-electron chi connectivity index (χ1n) is 8.87. The fraction of sp³-hybridized carbons (Fsp3) is 0.227. The molecular weight excluding hydrogens is 326 g/mol. The van der Waals surface area contributed by atoms with E-state index in [9.17, 15) is 4.79 Å². The van der Waals surface area contributed by atoms with Crippen LogP contribution in [0.5, 0.6) is 11.5 Å². The first-order chi connectivity index (χ1) is 12.7. The molecule has 3 rings (SSSR count). The number of likely N-dealkylation sites (N-methyl/N-ethyl adjacent to an activating group) is 1. The Balaban J connectivity index is 1.79. The van der Waals surface area contributed by atoms with E-state index in [0.717, 1.165) is 16.5 Å². The lowest BCUT2D eigenvalue weighted by Crippen LogP contribution is -2.35. The predicted molar refractivity (Wildman–Crippen MR) is 105 cm³/mol. The number of hydrogen-bond acceptors (Lipinski definition) is 3. The van der Waals surface area contributed by atoms with Gasteiger partial charge in [0.15, 0.2) is 18.1 Å². The highest BCUT2D eigenvalue weighted by Gasteiger charge is 2.17. The highest BCUT2D eigenvalue weighted by molar-refractivity contribution is 6.04. The van der Waals surface area contributed by atoms with E-state index < -0.39 is 0 Å². The zero-order valence-corrected chi connectivity index (χ0v) is 15.1. The molecule has 0 N–H and O–H groups in total. The Morgan fingerprint density at radius 2 is 1.50 bits per heavy atom. The lowest BCUT2D eigenvalue weighted by atomic mass is 10.1. The van der Waals surface area contributed by atoms with Crippen molar-refractivity contribution in [2.45, 2.75) is 13.8 Å². The summed E-state index contributed by atoms with van der Waals surface area (Å²) in [6.45, 7) is 4.96. The van der Waals surface area contributed by atoms with Gasteiger partial charge in [-0.3, -0.25) is 4.79 Å². The number of rotatable bonds is 7. The number of carbonyl (C=O) groups excluding carboxylic acids is 1. The van der Waals surface area contributed by atoms with Gasteiger partial charge in [0.2, 0.25) is 0 Å². The average Bonchev–Trinajstić information content (AvgIpc) is 2.68. The highest BCUT2D eigenvalue weighted by Crippen LogP contribution is 2.28. The number of ether oxygens (including phenoxy) is 2. The fourth-order valence-corrected chi connectivity index (χ4v) is 2.99. The molecule has 4 nitrogen and oxygen atoms in total. The summed E-state index contributed by atoms with van der Waals surface area (Å²) >= 11 is 0. The number of carbonyl (C=O) groups is 1. The molecular formula is C22H23NO3. The lowest BCUT2D eigenvalue weighted by molar-refractivity contribution is -0.120. The maximum Gasteiger partial charge on any atom is 0.264 e. The molecule has 26 heavy (non-hydrogen) atoms. The quantitative estimate of drug-likeness (QED) is 0.622. The van der Waals surface area contributed by atoms with Gasteiger partial charge in [0.1, 0.15) is 0 Å². The number of hydrogen-bond donors (Lipinski definition) is 0. The molecule has 0 fully saturated rings. The summed E-state index contributed by atoms with van der Waals surface area (Å²) < 4.78 is 11.3. The van der Waals surface area contributed by atoms with E-state index >= 15 is 0 Å². The molecule has 0 saturated heterocycles. The minimum Gasteiger partial charge on any atom is -0.490 e. The van der Waals surface area contributed by atoms with Gasteiger partial charge in [0, 0.05) is 11.9 Å². The Morgan fingerprint density at radius 1 is 0.846 bits per heavy atom. The average molecular weight is 349 g/mol. The molecule has 0 heterocycles. The third-order valence-electron chi connectivity index (χ3n) is 4.17. The molecule has 134 valence electrons. The van der Waals surface area contributed by atoms with Crippen molar-refractivity contribution in [1.82, 2.24) is 0 Å². The van der Waals surface area contributed by atoms with E-state index in [1.807, 2.05) is 80.6 Å². The number of fused-ring (bicyclic) bond motifs is 1. The van der Waals surface area contributed by atoms with Crippen molar-refractivity contribution >= 4 is 22.4 Å². The van der Waals surface area contributed by atoms with Crippen molar-refractivity contribution in [3.05, 3.63) is 66.7 Å². The lowest BCUT2D eigenvalue weighted by Gasteiger charge is -2.23. The minimum absolute atomic E-state index is 0.0405. The SMILES string of the molecule is CCOc1ccccc1OCC(=O)N(CC)c1cccc2ccccc12. The molecule has 4 heteroatoms. The molecule has 0 aliphatic carbocycles. The van der Waals surface area contributed by atoms with Gasteiger partial charge < -0.3 is 14.4 Å². The molecule has 0 spiro atoms. The van der Waals surface area contributed by atoms with Crippen LogP contribution in [0, 0.1) is 0 Å². The molecule has 3 aromatic rings. The smallest absolute Gasteiger partial charge is 0.264 e. The molecule has 0 saturated carbocycles. The van der Waals surface area contributed by atoms with Crippen LogP contribution < -0.4 is 14.4 Å². The van der Waals surface area contributed by atoms with Gasteiger partial charge in [-0.1, -0.05) is 48.5 Å². The maximum absolute atomic E-state index is 12.8. The molecule has 1 amide bonds. The third kappa shape index (κ3) is 3.80. The van der Waals surface area contributed by atoms with Crippen LogP contribution >= 0.6 is 0 Å². The molecule has 0 aromatic heterocycles. The van der Waals surface area contributed by atoms with Gasteiger partial charge in [-0.05, 0) is 37.4 Å². The van der Waals surface area contributed by atoms with Crippen molar-refractivity contribution in [2.24, 2.45) is 0 Å². The van der Waals surface area contributed by atoms with E-state index in [0.29, 0.717) is 24.7 Å². The van der Waals surface area contributed by atoms with Gasteiger partial charge >= 0.3 is 0 Å². The minimum atomic E-state index is -0.0878. The molecule has 0 radical (unpaired) electrons. The van der Waals surface area contributed by atoms with Crippen LogP contribution in [0.25, 0.3) is 10.8 Å². The van der Waals surface area contributed by atoms with E-state index in [1.165, 1.54) is 0 Å². The third-order valence-corrected chi connectivity index (χ3v) is 4.17. The predicted octanol–water partition coefficient (Wildman–Crippen LogP) is 4.67. The van der Waals surface area contributed by atoms with Crippen molar-refractivity contribution < 1.29 is 14.3 Å². The topological polar surface area (TPSA) is 38.8 Å². The summed E-state index contributed by atoms with van der Waals surface area (Å²) in [5.41, 5.74) is 0.900. The first kappa shape index (κ1) is 17.8. The standard InChI is InChI=1S/C22H23NO3/c1-3-23(19-13-9-11-17-10-5-6-12-18(17)19)22(24)16-26-21-15-8-7-14-20(21)25-4-2/h5-15H,3-4,16H2,1-2H3. The van der Waals surface area contributed by atoms with Crippen molar-refractivity contribution in [3.8, 4) is 11.5 Å². The molecule has 0 atom stereocenters. The van der Waals surface area contributed by atoms with Gasteiger partial charge in [0.05, 0.1) is 12.3 Å². The molecule has 0 bridgehead atoms. The van der Waals surface area contributed by atoms with E-state index in [-0.39, 0.29) is 12.5 Å². The van der Waals surface area contributed by atoms with Crippen LogP contribution in [0.4, 0.5) is 5.69 Å². The zero-order valence-electron chi connectivity index (χ0n) is 15.1. The van der Waals surface area contributed by atoms with Crippen LogP contribution in [-0.2, 0) is 4.79 Å². The number of para-hydroxylation sites is 2. The first-order valence-corrected chi connectivity index (χ1v) is 8.87. The number of amides is 1. The Bertz CT molecular complexity index is 886. The van der Waals surface area contributed by atoms with Gasteiger partial charge in [0.25, 0.3) is 5.91 Å². The summed E-state index contributed by atoms with van der Waals surface area (Å²) in [5, 5.41) is 2.17. The monoisotopic (exact) mass is 349 g/mol. The molecule has 0 aliphatic heterocycles. The van der Waals surface area contributed by atoms with Crippen LogP contribution in [0.1, 0.15) is 13.8 Å². The fourth-order valence-electron chi connectivity index (χ4n) is 2.99. The van der Waals surface area contributed by atoms with E-state index in [4.69, 9.17) is 9.47 Å². The van der Waals surface area contributed by atoms with Crippen LogP contribution in [-0.4, -0.2) is 25.7 Å². The Hall–Kier alpha value is -3.01. The second-order valence-electron chi connectivity index (χ2n) is 5.80.